The zero-order valence-corrected chi connectivity index (χ0v) is 9.61. The summed E-state index contributed by atoms with van der Waals surface area (Å²) in [6, 6.07) is -0.826. The second-order valence-corrected chi connectivity index (χ2v) is 4.46. The Morgan fingerprint density at radius 3 is 2.62 bits per heavy atom. The summed E-state index contributed by atoms with van der Waals surface area (Å²) in [6.45, 7) is 1.97. The van der Waals surface area contributed by atoms with Crippen molar-refractivity contribution >= 4 is 11.9 Å². The minimum atomic E-state index is -1.01. The SMILES string of the molecule is CC(NC(=O)C1CCCCC1CN)C(=O)O. The maximum Gasteiger partial charge on any atom is 0.325 e. The van der Waals surface area contributed by atoms with Crippen LogP contribution in [0.4, 0.5) is 0 Å². The van der Waals surface area contributed by atoms with Crippen LogP contribution in [0.3, 0.4) is 0 Å². The smallest absolute Gasteiger partial charge is 0.325 e. The Bertz CT molecular complexity index is 268. The molecule has 1 amide bonds. The largest absolute Gasteiger partial charge is 0.480 e. The molecule has 16 heavy (non-hydrogen) atoms. The molecule has 0 saturated heterocycles. The Hall–Kier alpha value is -1.10. The number of carbonyl (C=O) groups is 2. The van der Waals surface area contributed by atoms with Crippen molar-refractivity contribution in [3.63, 3.8) is 0 Å². The van der Waals surface area contributed by atoms with Crippen molar-refractivity contribution < 1.29 is 14.7 Å². The van der Waals surface area contributed by atoms with Crippen LogP contribution in [-0.2, 0) is 9.59 Å². The molecule has 92 valence electrons. The topological polar surface area (TPSA) is 92.4 Å². The van der Waals surface area contributed by atoms with Gasteiger partial charge in [0.05, 0.1) is 0 Å². The van der Waals surface area contributed by atoms with E-state index in [1.54, 1.807) is 0 Å². The predicted octanol–water partition coefficient (Wildman–Crippen LogP) is 0.341. The van der Waals surface area contributed by atoms with Crippen LogP contribution in [0.1, 0.15) is 32.6 Å². The fourth-order valence-electron chi connectivity index (χ4n) is 2.22. The lowest BCUT2D eigenvalue weighted by molar-refractivity contribution is -0.142. The number of hydrogen-bond acceptors (Lipinski definition) is 3. The third-order valence-corrected chi connectivity index (χ3v) is 3.28. The van der Waals surface area contributed by atoms with E-state index in [1.165, 1.54) is 6.92 Å². The lowest BCUT2D eigenvalue weighted by atomic mass is 9.78. The van der Waals surface area contributed by atoms with E-state index in [9.17, 15) is 9.59 Å². The first-order valence-corrected chi connectivity index (χ1v) is 5.79. The Labute approximate surface area is 95.4 Å². The summed E-state index contributed by atoms with van der Waals surface area (Å²) in [5.41, 5.74) is 5.63. The molecule has 1 aliphatic rings. The molecule has 1 aliphatic carbocycles. The van der Waals surface area contributed by atoms with Crippen LogP contribution in [0.25, 0.3) is 0 Å². The molecule has 0 spiro atoms. The molecule has 1 saturated carbocycles. The van der Waals surface area contributed by atoms with Crippen molar-refractivity contribution in [2.45, 2.75) is 38.6 Å². The fraction of sp³-hybridized carbons (Fsp3) is 0.818. The van der Waals surface area contributed by atoms with Crippen molar-refractivity contribution in [1.82, 2.24) is 5.32 Å². The number of hydrogen-bond donors (Lipinski definition) is 3. The number of nitrogens with two attached hydrogens (primary N) is 1. The molecule has 1 fully saturated rings. The molecular weight excluding hydrogens is 208 g/mol. The van der Waals surface area contributed by atoms with E-state index in [-0.39, 0.29) is 17.7 Å². The van der Waals surface area contributed by atoms with Gasteiger partial charge in [-0.05, 0) is 32.2 Å². The van der Waals surface area contributed by atoms with Gasteiger partial charge in [-0.3, -0.25) is 9.59 Å². The number of amides is 1. The molecule has 0 heterocycles. The molecule has 0 aromatic heterocycles. The summed E-state index contributed by atoms with van der Waals surface area (Å²) in [4.78, 5) is 22.5. The highest BCUT2D eigenvalue weighted by Crippen LogP contribution is 2.29. The van der Waals surface area contributed by atoms with Crippen molar-refractivity contribution in [3.8, 4) is 0 Å². The molecular formula is C11H20N2O3. The van der Waals surface area contributed by atoms with Crippen LogP contribution in [0.15, 0.2) is 0 Å². The van der Waals surface area contributed by atoms with Crippen LogP contribution >= 0.6 is 0 Å². The van der Waals surface area contributed by atoms with Crippen molar-refractivity contribution in [3.05, 3.63) is 0 Å². The predicted molar refractivity (Wildman–Crippen MR) is 59.7 cm³/mol. The minimum absolute atomic E-state index is 0.111. The van der Waals surface area contributed by atoms with Gasteiger partial charge in [-0.2, -0.15) is 0 Å². The minimum Gasteiger partial charge on any atom is -0.480 e. The molecule has 3 atom stereocenters. The molecule has 3 unspecified atom stereocenters. The molecule has 0 aromatic rings. The number of carbonyl (C=O) groups excluding carboxylic acids is 1. The monoisotopic (exact) mass is 228 g/mol. The van der Waals surface area contributed by atoms with Gasteiger partial charge in [-0.15, -0.1) is 0 Å². The maximum atomic E-state index is 11.9. The second kappa shape index (κ2) is 5.84. The Balaban J connectivity index is 2.54. The molecule has 0 radical (unpaired) electrons. The third kappa shape index (κ3) is 3.20. The van der Waals surface area contributed by atoms with Crippen LogP contribution in [-0.4, -0.2) is 29.6 Å². The molecule has 5 nitrogen and oxygen atoms in total. The zero-order valence-electron chi connectivity index (χ0n) is 9.61. The number of nitrogens with one attached hydrogen (secondary N) is 1. The van der Waals surface area contributed by atoms with Crippen LogP contribution in [0, 0.1) is 11.8 Å². The fourth-order valence-corrected chi connectivity index (χ4v) is 2.22. The first-order chi connectivity index (χ1) is 7.56. The summed E-state index contributed by atoms with van der Waals surface area (Å²) in [6.07, 6.45) is 3.92. The number of carboxylic acid groups (broad SMARTS) is 1. The molecule has 5 heteroatoms. The number of rotatable bonds is 4. The van der Waals surface area contributed by atoms with Gasteiger partial charge in [0.15, 0.2) is 0 Å². The zero-order chi connectivity index (χ0) is 12.1. The average molecular weight is 228 g/mol. The van der Waals surface area contributed by atoms with E-state index in [2.05, 4.69) is 5.32 Å². The van der Waals surface area contributed by atoms with E-state index in [1.807, 2.05) is 0 Å². The van der Waals surface area contributed by atoms with Gasteiger partial charge < -0.3 is 16.2 Å². The molecule has 4 N–H and O–H groups in total. The first-order valence-electron chi connectivity index (χ1n) is 5.79. The average Bonchev–Trinajstić information content (AvgIpc) is 2.28. The van der Waals surface area contributed by atoms with Gasteiger partial charge in [0.25, 0.3) is 0 Å². The third-order valence-electron chi connectivity index (χ3n) is 3.28. The number of carboxylic acids is 1. The summed E-state index contributed by atoms with van der Waals surface area (Å²) in [7, 11) is 0. The van der Waals surface area contributed by atoms with Gasteiger partial charge >= 0.3 is 5.97 Å². The standard InChI is InChI=1S/C11H20N2O3/c1-7(11(15)16)13-10(14)9-5-3-2-4-8(9)6-12/h7-9H,2-6,12H2,1H3,(H,13,14)(H,15,16). The van der Waals surface area contributed by atoms with Gasteiger partial charge in [-0.25, -0.2) is 0 Å². The van der Waals surface area contributed by atoms with Crippen LogP contribution in [0.5, 0.6) is 0 Å². The summed E-state index contributed by atoms with van der Waals surface area (Å²) >= 11 is 0. The van der Waals surface area contributed by atoms with Crippen LogP contribution < -0.4 is 11.1 Å². The van der Waals surface area contributed by atoms with E-state index in [0.29, 0.717) is 6.54 Å². The quantitative estimate of drug-likeness (QED) is 0.647. The lowest BCUT2D eigenvalue weighted by Crippen LogP contribution is -2.45. The number of aliphatic carboxylic acids is 1. The van der Waals surface area contributed by atoms with Crippen molar-refractivity contribution in [2.24, 2.45) is 17.6 Å². The lowest BCUT2D eigenvalue weighted by Gasteiger charge is -2.30. The summed E-state index contributed by atoms with van der Waals surface area (Å²) in [5.74, 6) is -1.08. The molecule has 0 bridgehead atoms. The van der Waals surface area contributed by atoms with E-state index in [4.69, 9.17) is 10.8 Å². The Morgan fingerprint density at radius 2 is 2.06 bits per heavy atom. The van der Waals surface area contributed by atoms with E-state index < -0.39 is 12.0 Å². The summed E-state index contributed by atoms with van der Waals surface area (Å²) < 4.78 is 0. The van der Waals surface area contributed by atoms with Gasteiger partial charge in [0.2, 0.25) is 5.91 Å². The van der Waals surface area contributed by atoms with Gasteiger partial charge in [0, 0.05) is 5.92 Å². The first kappa shape index (κ1) is 13.0. The highest BCUT2D eigenvalue weighted by molar-refractivity contribution is 5.84. The van der Waals surface area contributed by atoms with Gasteiger partial charge in [0.1, 0.15) is 6.04 Å². The van der Waals surface area contributed by atoms with Gasteiger partial charge in [-0.1, -0.05) is 12.8 Å². The molecule has 1 rings (SSSR count). The normalized spacial score (nSPS) is 27.1. The highest BCUT2D eigenvalue weighted by Gasteiger charge is 2.31. The van der Waals surface area contributed by atoms with Crippen molar-refractivity contribution in [2.75, 3.05) is 6.54 Å². The molecule has 0 aliphatic heterocycles. The Kier molecular flexibility index (Phi) is 4.73. The second-order valence-electron chi connectivity index (χ2n) is 4.46. The van der Waals surface area contributed by atoms with E-state index >= 15 is 0 Å². The highest BCUT2D eigenvalue weighted by atomic mass is 16.4. The molecule has 0 aromatic carbocycles. The van der Waals surface area contributed by atoms with Crippen molar-refractivity contribution in [1.29, 1.82) is 0 Å². The summed E-state index contributed by atoms with van der Waals surface area (Å²) in [5, 5.41) is 11.2. The Morgan fingerprint density at radius 1 is 1.44 bits per heavy atom. The van der Waals surface area contributed by atoms with E-state index in [0.717, 1.165) is 25.7 Å². The maximum absolute atomic E-state index is 11.9. The van der Waals surface area contributed by atoms with Crippen LogP contribution in [0.2, 0.25) is 0 Å².